The summed E-state index contributed by atoms with van der Waals surface area (Å²) in [6.45, 7) is 0.867. The molecule has 1 aromatic carbocycles. The van der Waals surface area contributed by atoms with Gasteiger partial charge in [-0.05, 0) is 50.1 Å². The van der Waals surface area contributed by atoms with E-state index < -0.39 is 0 Å². The van der Waals surface area contributed by atoms with Gasteiger partial charge in [-0.15, -0.1) is 0 Å². The molecule has 0 bridgehead atoms. The third-order valence-corrected chi connectivity index (χ3v) is 3.52. The van der Waals surface area contributed by atoms with E-state index in [4.69, 9.17) is 10.5 Å². The van der Waals surface area contributed by atoms with Crippen LogP contribution in [0.3, 0.4) is 0 Å². The van der Waals surface area contributed by atoms with Crippen molar-refractivity contribution in [1.82, 2.24) is 4.98 Å². The number of hydrogen-bond acceptors (Lipinski definition) is 3. The van der Waals surface area contributed by atoms with Gasteiger partial charge >= 0.3 is 0 Å². The van der Waals surface area contributed by atoms with Crippen molar-refractivity contribution in [3.63, 3.8) is 0 Å². The molecule has 0 amide bonds. The predicted octanol–water partition coefficient (Wildman–Crippen LogP) is 3.64. The van der Waals surface area contributed by atoms with E-state index in [1.165, 1.54) is 0 Å². The number of para-hydroxylation sites is 1. The first-order valence-electron chi connectivity index (χ1n) is 5.41. The van der Waals surface area contributed by atoms with E-state index in [1.807, 2.05) is 30.3 Å². The highest BCUT2D eigenvalue weighted by Crippen LogP contribution is 2.29. The van der Waals surface area contributed by atoms with E-state index in [1.54, 1.807) is 6.20 Å². The lowest BCUT2D eigenvalue weighted by molar-refractivity contribution is 0.296. The molecule has 18 heavy (non-hydrogen) atoms. The second-order valence-electron chi connectivity index (χ2n) is 3.69. The molecule has 0 unspecified atom stereocenters. The normalized spacial score (nSPS) is 10.4. The van der Waals surface area contributed by atoms with Gasteiger partial charge in [0.25, 0.3) is 0 Å². The highest BCUT2D eigenvalue weighted by atomic mass is 79.9. The standard InChI is InChI=1S/C13H12Br2N2O/c14-10-4-5-11(17-7-10)8-18-13-9(6-16)2-1-3-12(13)15/h1-5,7H,6,8,16H2. The van der Waals surface area contributed by atoms with E-state index in [-0.39, 0.29) is 0 Å². The summed E-state index contributed by atoms with van der Waals surface area (Å²) in [5.74, 6) is 0.782. The smallest absolute Gasteiger partial charge is 0.138 e. The molecule has 1 aromatic heterocycles. The van der Waals surface area contributed by atoms with E-state index in [0.29, 0.717) is 13.2 Å². The monoisotopic (exact) mass is 370 g/mol. The molecule has 0 spiro atoms. The molecule has 0 radical (unpaired) electrons. The van der Waals surface area contributed by atoms with Crippen LogP contribution in [0.1, 0.15) is 11.3 Å². The maximum atomic E-state index is 5.78. The van der Waals surface area contributed by atoms with Crippen molar-refractivity contribution in [2.45, 2.75) is 13.2 Å². The van der Waals surface area contributed by atoms with Gasteiger partial charge in [0.2, 0.25) is 0 Å². The molecule has 2 N–H and O–H groups in total. The molecule has 1 heterocycles. The van der Waals surface area contributed by atoms with Gasteiger partial charge in [-0.2, -0.15) is 0 Å². The van der Waals surface area contributed by atoms with Crippen LogP contribution in [0, 0.1) is 0 Å². The zero-order valence-electron chi connectivity index (χ0n) is 9.57. The predicted molar refractivity (Wildman–Crippen MR) is 78.3 cm³/mol. The molecular formula is C13H12Br2N2O. The Morgan fingerprint density at radius 3 is 2.67 bits per heavy atom. The molecule has 5 heteroatoms. The molecule has 0 saturated carbocycles. The van der Waals surface area contributed by atoms with Crippen LogP contribution in [0.15, 0.2) is 45.5 Å². The first-order valence-corrected chi connectivity index (χ1v) is 7.00. The number of rotatable bonds is 4. The van der Waals surface area contributed by atoms with Gasteiger partial charge < -0.3 is 10.5 Å². The van der Waals surface area contributed by atoms with Crippen molar-refractivity contribution >= 4 is 31.9 Å². The Kier molecular flexibility index (Phi) is 4.74. The van der Waals surface area contributed by atoms with Crippen molar-refractivity contribution in [3.8, 4) is 5.75 Å². The second-order valence-corrected chi connectivity index (χ2v) is 5.46. The summed E-state index contributed by atoms with van der Waals surface area (Å²) < 4.78 is 7.64. The molecule has 0 aliphatic rings. The third-order valence-electron chi connectivity index (χ3n) is 2.42. The lowest BCUT2D eigenvalue weighted by Gasteiger charge is -2.11. The fraction of sp³-hybridized carbons (Fsp3) is 0.154. The summed E-state index contributed by atoms with van der Waals surface area (Å²) in [5.41, 5.74) is 7.53. The number of ether oxygens (including phenoxy) is 1. The van der Waals surface area contributed by atoms with E-state index in [2.05, 4.69) is 36.8 Å². The lowest BCUT2D eigenvalue weighted by atomic mass is 10.2. The average molecular weight is 372 g/mol. The minimum absolute atomic E-state index is 0.420. The average Bonchev–Trinajstić information content (AvgIpc) is 2.39. The number of nitrogens with two attached hydrogens (primary N) is 1. The summed E-state index contributed by atoms with van der Waals surface area (Å²) in [6, 6.07) is 9.69. The van der Waals surface area contributed by atoms with Gasteiger partial charge in [-0.3, -0.25) is 4.98 Å². The Morgan fingerprint density at radius 1 is 1.17 bits per heavy atom. The quantitative estimate of drug-likeness (QED) is 0.892. The Labute approximate surface area is 123 Å². The Balaban J connectivity index is 2.12. The van der Waals surface area contributed by atoms with Crippen molar-refractivity contribution in [1.29, 1.82) is 0 Å². The first-order chi connectivity index (χ1) is 8.70. The summed E-state index contributed by atoms with van der Waals surface area (Å²) in [6.07, 6.45) is 1.75. The fourth-order valence-corrected chi connectivity index (χ4v) is 2.27. The molecule has 2 rings (SSSR count). The number of nitrogens with zero attached hydrogens (tertiary/aromatic N) is 1. The Morgan fingerprint density at radius 2 is 2.00 bits per heavy atom. The van der Waals surface area contributed by atoms with Crippen LogP contribution in [-0.2, 0) is 13.2 Å². The topological polar surface area (TPSA) is 48.1 Å². The Hall–Kier alpha value is -0.910. The summed E-state index contributed by atoms with van der Waals surface area (Å²) >= 11 is 6.81. The van der Waals surface area contributed by atoms with Gasteiger partial charge in [0.15, 0.2) is 0 Å². The molecule has 0 saturated heterocycles. The van der Waals surface area contributed by atoms with E-state index in [9.17, 15) is 0 Å². The van der Waals surface area contributed by atoms with Crippen molar-refractivity contribution in [3.05, 3.63) is 56.7 Å². The zero-order valence-corrected chi connectivity index (χ0v) is 12.7. The van der Waals surface area contributed by atoms with Crippen LogP contribution < -0.4 is 10.5 Å². The zero-order chi connectivity index (χ0) is 13.0. The third kappa shape index (κ3) is 3.31. The van der Waals surface area contributed by atoms with Crippen molar-refractivity contribution in [2.24, 2.45) is 5.73 Å². The minimum atomic E-state index is 0.420. The van der Waals surface area contributed by atoms with Crippen LogP contribution in [0.5, 0.6) is 5.75 Å². The second kappa shape index (κ2) is 6.31. The molecule has 3 nitrogen and oxygen atoms in total. The van der Waals surface area contributed by atoms with Gasteiger partial charge in [-0.1, -0.05) is 12.1 Å². The largest absolute Gasteiger partial charge is 0.486 e. The maximum Gasteiger partial charge on any atom is 0.138 e. The van der Waals surface area contributed by atoms with Gasteiger partial charge in [0.05, 0.1) is 10.2 Å². The van der Waals surface area contributed by atoms with Crippen molar-refractivity contribution in [2.75, 3.05) is 0 Å². The highest BCUT2D eigenvalue weighted by molar-refractivity contribution is 9.10. The van der Waals surface area contributed by atoms with E-state index in [0.717, 1.165) is 26.0 Å². The van der Waals surface area contributed by atoms with E-state index >= 15 is 0 Å². The lowest BCUT2D eigenvalue weighted by Crippen LogP contribution is -2.04. The van der Waals surface area contributed by atoms with Crippen LogP contribution in [0.2, 0.25) is 0 Å². The van der Waals surface area contributed by atoms with Crippen LogP contribution >= 0.6 is 31.9 Å². The SMILES string of the molecule is NCc1cccc(Br)c1OCc1ccc(Br)cn1. The van der Waals surface area contributed by atoms with Gasteiger partial charge in [0, 0.05) is 22.8 Å². The fourth-order valence-electron chi connectivity index (χ4n) is 1.51. The molecule has 0 atom stereocenters. The molecule has 0 fully saturated rings. The molecule has 2 aromatic rings. The number of pyridine rings is 1. The Bertz CT molecular complexity index is 529. The molecule has 0 aliphatic heterocycles. The maximum absolute atomic E-state index is 5.78. The van der Waals surface area contributed by atoms with Crippen molar-refractivity contribution < 1.29 is 4.74 Å². The number of hydrogen-bond donors (Lipinski definition) is 1. The number of benzene rings is 1. The van der Waals surface area contributed by atoms with Gasteiger partial charge in [0.1, 0.15) is 12.4 Å². The molecule has 94 valence electrons. The number of halogens is 2. The van der Waals surface area contributed by atoms with Crippen LogP contribution in [-0.4, -0.2) is 4.98 Å². The molecular weight excluding hydrogens is 360 g/mol. The number of aromatic nitrogens is 1. The first kappa shape index (κ1) is 13.5. The minimum Gasteiger partial charge on any atom is -0.486 e. The summed E-state index contributed by atoms with van der Waals surface area (Å²) in [7, 11) is 0. The summed E-state index contributed by atoms with van der Waals surface area (Å²) in [4.78, 5) is 4.26. The van der Waals surface area contributed by atoms with Crippen LogP contribution in [0.25, 0.3) is 0 Å². The molecule has 0 aliphatic carbocycles. The highest BCUT2D eigenvalue weighted by Gasteiger charge is 2.07. The summed E-state index contributed by atoms with van der Waals surface area (Å²) in [5, 5.41) is 0. The van der Waals surface area contributed by atoms with Crippen LogP contribution in [0.4, 0.5) is 0 Å². The van der Waals surface area contributed by atoms with Gasteiger partial charge in [-0.25, -0.2) is 0 Å².